The van der Waals surface area contributed by atoms with Gasteiger partial charge in [0.05, 0.1) is 5.56 Å². The highest BCUT2D eigenvalue weighted by Gasteiger charge is 2.40. The minimum atomic E-state index is -0.499. The fraction of sp³-hybridized carbons (Fsp3) is 0.643. The average molecular weight is 295 g/mol. The normalized spacial score (nSPS) is 21.4. The lowest BCUT2D eigenvalue weighted by atomic mass is 9.73. The highest BCUT2D eigenvalue weighted by molar-refractivity contribution is 6.29. The Bertz CT molecular complexity index is 528. The Morgan fingerprint density at radius 2 is 2.00 bits per heavy atom. The molecule has 0 bridgehead atoms. The van der Waals surface area contributed by atoms with E-state index >= 15 is 0 Å². The fourth-order valence-electron chi connectivity index (χ4n) is 3.60. The Labute approximate surface area is 123 Å². The highest BCUT2D eigenvalue weighted by Crippen LogP contribution is 2.44. The third kappa shape index (κ3) is 2.46. The van der Waals surface area contributed by atoms with Gasteiger partial charge >= 0.3 is 0 Å². The van der Waals surface area contributed by atoms with E-state index in [9.17, 15) is 4.79 Å². The Morgan fingerprint density at radius 3 is 2.70 bits per heavy atom. The molecule has 1 saturated heterocycles. The molecular weight excluding hydrogens is 276 g/mol. The molecule has 1 saturated carbocycles. The molecule has 6 heteroatoms. The molecule has 1 aliphatic heterocycles. The van der Waals surface area contributed by atoms with E-state index in [-0.39, 0.29) is 5.15 Å². The Hall–Kier alpha value is -1.36. The summed E-state index contributed by atoms with van der Waals surface area (Å²) in [7, 11) is 0. The van der Waals surface area contributed by atoms with E-state index in [1.807, 2.05) is 0 Å². The van der Waals surface area contributed by atoms with Crippen molar-refractivity contribution in [3.63, 3.8) is 0 Å². The van der Waals surface area contributed by atoms with Gasteiger partial charge in [-0.3, -0.25) is 4.79 Å². The average Bonchev–Trinajstić information content (AvgIpc) is 2.83. The number of hydrogen-bond donors (Lipinski definition) is 1. The van der Waals surface area contributed by atoms with Gasteiger partial charge in [0, 0.05) is 13.1 Å². The van der Waals surface area contributed by atoms with Crippen LogP contribution in [0.4, 0.5) is 5.82 Å². The van der Waals surface area contributed by atoms with Crippen molar-refractivity contribution in [2.75, 3.05) is 18.0 Å². The second-order valence-corrected chi connectivity index (χ2v) is 6.39. The lowest BCUT2D eigenvalue weighted by Gasteiger charge is -2.33. The second kappa shape index (κ2) is 5.20. The zero-order valence-corrected chi connectivity index (χ0v) is 12.2. The van der Waals surface area contributed by atoms with Crippen LogP contribution in [-0.2, 0) is 0 Å². The lowest BCUT2D eigenvalue weighted by Crippen LogP contribution is -2.31. The maximum Gasteiger partial charge on any atom is 0.252 e. The Kier molecular flexibility index (Phi) is 3.54. The number of primary amides is 1. The van der Waals surface area contributed by atoms with Gasteiger partial charge in [0.1, 0.15) is 0 Å². The van der Waals surface area contributed by atoms with Crippen LogP contribution in [-0.4, -0.2) is 29.2 Å². The maximum atomic E-state index is 11.6. The van der Waals surface area contributed by atoms with Crippen LogP contribution in [0.5, 0.6) is 0 Å². The first-order chi connectivity index (χ1) is 9.60. The molecule has 108 valence electrons. The molecule has 2 N–H and O–H groups in total. The van der Waals surface area contributed by atoms with Crippen molar-refractivity contribution >= 4 is 23.3 Å². The van der Waals surface area contributed by atoms with E-state index in [2.05, 4.69) is 15.1 Å². The summed E-state index contributed by atoms with van der Waals surface area (Å²) >= 11 is 5.81. The molecule has 1 aromatic heterocycles. The third-order valence-corrected chi connectivity index (χ3v) is 4.85. The van der Waals surface area contributed by atoms with Crippen LogP contribution < -0.4 is 10.6 Å². The minimum absolute atomic E-state index is 0.203. The molecule has 1 amide bonds. The summed E-state index contributed by atoms with van der Waals surface area (Å²) in [5.74, 6) is 0.0887. The van der Waals surface area contributed by atoms with Gasteiger partial charge in [-0.2, -0.15) is 0 Å². The summed E-state index contributed by atoms with van der Waals surface area (Å²) in [5.41, 5.74) is 6.20. The van der Waals surface area contributed by atoms with Crippen molar-refractivity contribution < 1.29 is 4.79 Å². The van der Waals surface area contributed by atoms with Crippen molar-refractivity contribution in [1.29, 1.82) is 0 Å². The van der Waals surface area contributed by atoms with Gasteiger partial charge in [-0.05, 0) is 30.7 Å². The molecule has 0 radical (unpaired) electrons. The quantitative estimate of drug-likeness (QED) is 0.909. The van der Waals surface area contributed by atoms with Crippen LogP contribution in [0.2, 0.25) is 5.15 Å². The smallest absolute Gasteiger partial charge is 0.252 e. The van der Waals surface area contributed by atoms with Crippen LogP contribution in [0.1, 0.15) is 48.9 Å². The number of nitrogens with zero attached hydrogens (tertiary/aromatic N) is 3. The van der Waals surface area contributed by atoms with Crippen molar-refractivity contribution in [3.05, 3.63) is 16.8 Å². The first-order valence-corrected chi connectivity index (χ1v) is 7.55. The summed E-state index contributed by atoms with van der Waals surface area (Å²) in [6, 6.07) is 1.51. The van der Waals surface area contributed by atoms with Gasteiger partial charge in [0.2, 0.25) is 0 Å². The largest absolute Gasteiger partial charge is 0.365 e. The first kappa shape index (κ1) is 13.6. The predicted octanol–water partition coefficient (Wildman–Crippen LogP) is 2.39. The van der Waals surface area contributed by atoms with Crippen LogP contribution in [0.3, 0.4) is 0 Å². The zero-order chi connectivity index (χ0) is 14.2. The van der Waals surface area contributed by atoms with Gasteiger partial charge in [0.15, 0.2) is 11.0 Å². The SMILES string of the molecule is NC(=O)c1cc(Cl)nnc1N1CCC2(CCCCC2)C1. The molecule has 0 aromatic carbocycles. The number of hydrogen-bond acceptors (Lipinski definition) is 4. The van der Waals surface area contributed by atoms with E-state index in [0.717, 1.165) is 19.5 Å². The predicted molar refractivity (Wildman–Crippen MR) is 77.9 cm³/mol. The van der Waals surface area contributed by atoms with Crippen LogP contribution >= 0.6 is 11.6 Å². The van der Waals surface area contributed by atoms with Gasteiger partial charge in [-0.1, -0.05) is 30.9 Å². The molecule has 3 rings (SSSR count). The monoisotopic (exact) mass is 294 g/mol. The number of halogens is 1. The molecule has 1 aromatic rings. The standard InChI is InChI=1S/C14H19ClN4O/c15-11-8-10(12(16)20)13(18-17-11)19-7-6-14(9-19)4-2-1-3-5-14/h8H,1-7,9H2,(H2,16,20). The number of rotatable bonds is 2. The molecule has 1 spiro atoms. The van der Waals surface area contributed by atoms with Crippen molar-refractivity contribution in [2.45, 2.75) is 38.5 Å². The van der Waals surface area contributed by atoms with Crippen LogP contribution in [0.25, 0.3) is 0 Å². The first-order valence-electron chi connectivity index (χ1n) is 7.18. The molecule has 0 atom stereocenters. The van der Waals surface area contributed by atoms with E-state index in [0.29, 0.717) is 16.8 Å². The van der Waals surface area contributed by atoms with E-state index in [1.165, 1.54) is 38.2 Å². The van der Waals surface area contributed by atoms with Gasteiger partial charge in [0.25, 0.3) is 5.91 Å². The number of aromatic nitrogens is 2. The zero-order valence-electron chi connectivity index (χ0n) is 11.4. The Morgan fingerprint density at radius 1 is 1.25 bits per heavy atom. The summed E-state index contributed by atoms with van der Waals surface area (Å²) in [6.07, 6.45) is 7.67. The fourth-order valence-corrected chi connectivity index (χ4v) is 3.75. The van der Waals surface area contributed by atoms with Crippen LogP contribution in [0, 0.1) is 5.41 Å². The maximum absolute atomic E-state index is 11.6. The topological polar surface area (TPSA) is 72.1 Å². The number of anilines is 1. The number of amides is 1. The summed E-state index contributed by atoms with van der Waals surface area (Å²) in [5, 5.41) is 8.17. The van der Waals surface area contributed by atoms with Crippen molar-refractivity contribution in [2.24, 2.45) is 11.1 Å². The van der Waals surface area contributed by atoms with E-state index in [1.54, 1.807) is 0 Å². The Balaban J connectivity index is 1.85. The second-order valence-electron chi connectivity index (χ2n) is 6.00. The number of carbonyl (C=O) groups excluding carboxylic acids is 1. The third-order valence-electron chi connectivity index (χ3n) is 4.66. The molecule has 2 fully saturated rings. The summed E-state index contributed by atoms with van der Waals surface area (Å²) in [6.45, 7) is 1.86. The summed E-state index contributed by atoms with van der Waals surface area (Å²) < 4.78 is 0. The van der Waals surface area contributed by atoms with E-state index < -0.39 is 5.91 Å². The minimum Gasteiger partial charge on any atom is -0.365 e. The molecule has 0 unspecified atom stereocenters. The number of nitrogens with two attached hydrogens (primary N) is 1. The lowest BCUT2D eigenvalue weighted by molar-refractivity contribution is 0.1000. The number of carbonyl (C=O) groups is 1. The molecule has 5 nitrogen and oxygen atoms in total. The molecule has 1 aliphatic carbocycles. The van der Waals surface area contributed by atoms with Crippen LogP contribution in [0.15, 0.2) is 6.07 Å². The van der Waals surface area contributed by atoms with Gasteiger partial charge in [-0.15, -0.1) is 10.2 Å². The highest BCUT2D eigenvalue weighted by atomic mass is 35.5. The molecule has 2 aliphatic rings. The molecular formula is C14H19ClN4O. The van der Waals surface area contributed by atoms with Crippen molar-refractivity contribution in [1.82, 2.24) is 10.2 Å². The van der Waals surface area contributed by atoms with E-state index in [4.69, 9.17) is 17.3 Å². The van der Waals surface area contributed by atoms with Gasteiger partial charge < -0.3 is 10.6 Å². The van der Waals surface area contributed by atoms with Gasteiger partial charge in [-0.25, -0.2) is 0 Å². The molecule has 2 heterocycles. The summed E-state index contributed by atoms with van der Waals surface area (Å²) in [4.78, 5) is 13.7. The van der Waals surface area contributed by atoms with Crippen molar-refractivity contribution in [3.8, 4) is 0 Å². The molecule has 20 heavy (non-hydrogen) atoms.